The lowest BCUT2D eigenvalue weighted by atomic mass is 10.1. The first-order chi connectivity index (χ1) is 17.3. The van der Waals surface area contributed by atoms with Gasteiger partial charge in [-0.25, -0.2) is 9.56 Å². The minimum absolute atomic E-state index is 0.452. The van der Waals surface area contributed by atoms with Crippen LogP contribution in [0, 0.1) is 6.92 Å². The Morgan fingerprint density at radius 2 is 1.94 bits per heavy atom. The summed E-state index contributed by atoms with van der Waals surface area (Å²) in [4.78, 5) is 17.8. The van der Waals surface area contributed by atoms with Crippen molar-refractivity contribution in [3.05, 3.63) is 84.2 Å². The molecule has 182 valence electrons. The molecule has 0 saturated carbocycles. The molecule has 9 nitrogen and oxygen atoms in total. The molecule has 1 aromatic heterocycles. The van der Waals surface area contributed by atoms with E-state index in [-0.39, 0.29) is 0 Å². The third-order valence-corrected chi connectivity index (χ3v) is 6.39. The predicted molar refractivity (Wildman–Crippen MR) is 133 cm³/mol. The molecule has 0 amide bonds. The number of fused-ring (bicyclic) bond motifs is 1. The predicted octanol–water partition coefficient (Wildman–Crippen LogP) is 1.95. The van der Waals surface area contributed by atoms with Gasteiger partial charge in [0.2, 0.25) is 5.82 Å². The molecule has 10 heteroatoms. The number of aliphatic imine (C=N–C) groups is 1. The molecule has 0 saturated heterocycles. The summed E-state index contributed by atoms with van der Waals surface area (Å²) in [6.07, 6.45) is 0.109. The van der Waals surface area contributed by atoms with Gasteiger partial charge in [-0.15, -0.1) is 4.68 Å². The summed E-state index contributed by atoms with van der Waals surface area (Å²) < 4.78 is 9.31. The van der Waals surface area contributed by atoms with E-state index >= 15 is 0 Å². The summed E-state index contributed by atoms with van der Waals surface area (Å²) in [5.74, 6) is -0.0261. The maximum Gasteiger partial charge on any atom is 0.236 e. The van der Waals surface area contributed by atoms with E-state index in [2.05, 4.69) is 10.1 Å². The fourth-order valence-corrected chi connectivity index (χ4v) is 4.71. The highest BCUT2D eigenvalue weighted by Gasteiger charge is 2.39. The molecule has 2 atom stereocenters. The molecular formula is C26H22N5O4S-. The van der Waals surface area contributed by atoms with Crippen molar-refractivity contribution in [3.8, 4) is 11.4 Å². The molecule has 4 aromatic rings. The van der Waals surface area contributed by atoms with Crippen LogP contribution in [0.15, 0.2) is 82.9 Å². The third-order valence-electron chi connectivity index (χ3n) is 6.13. The van der Waals surface area contributed by atoms with Crippen LogP contribution in [0.5, 0.6) is 5.75 Å². The van der Waals surface area contributed by atoms with Gasteiger partial charge in [0.05, 0.1) is 18.7 Å². The maximum absolute atomic E-state index is 11.9. The van der Waals surface area contributed by atoms with Gasteiger partial charge in [0.25, 0.3) is 0 Å². The van der Waals surface area contributed by atoms with Crippen LogP contribution in [0.4, 0.5) is 17.1 Å². The lowest BCUT2D eigenvalue weighted by Gasteiger charge is -2.29. The van der Waals surface area contributed by atoms with Crippen molar-refractivity contribution >= 4 is 42.1 Å². The molecule has 0 fully saturated rings. The van der Waals surface area contributed by atoms with Gasteiger partial charge in [0.15, 0.2) is 11.6 Å². The van der Waals surface area contributed by atoms with Gasteiger partial charge in [-0.3, -0.25) is 0 Å². The standard InChI is InChI=1S/C26H23N5O4S/c1-16-29(2)28-26(36)30(16)18-8-5-7-17(13-18)27-15-35-20-10-6-9-19(14-20)31-22-12-4-3-11-21(22)24(32)23(31)25(33)34/h3-15,23-24,32H,1-2H3,(H-,28,33,34,36)/p-1. The quantitative estimate of drug-likeness (QED) is 0.187. The average Bonchev–Trinajstić information content (AvgIpc) is 3.31. The van der Waals surface area contributed by atoms with Crippen LogP contribution in [0.1, 0.15) is 17.5 Å². The highest BCUT2D eigenvalue weighted by Crippen LogP contribution is 2.44. The Bertz CT molecular complexity index is 1480. The van der Waals surface area contributed by atoms with Crippen LogP contribution < -0.4 is 19.3 Å². The Kier molecular flexibility index (Phi) is 6.13. The van der Waals surface area contributed by atoms with Crippen molar-refractivity contribution in [2.45, 2.75) is 24.2 Å². The van der Waals surface area contributed by atoms with Crippen LogP contribution in [0.25, 0.3) is 5.69 Å². The van der Waals surface area contributed by atoms with Crippen LogP contribution in [-0.2, 0) is 24.5 Å². The molecule has 2 heterocycles. The molecule has 0 spiro atoms. The van der Waals surface area contributed by atoms with Gasteiger partial charge >= 0.3 is 0 Å². The average molecular weight is 501 g/mol. The van der Waals surface area contributed by atoms with Crippen molar-refractivity contribution < 1.29 is 24.3 Å². The minimum atomic E-state index is -1.37. The van der Waals surface area contributed by atoms with Crippen LogP contribution in [0.2, 0.25) is 0 Å². The molecule has 3 aromatic carbocycles. The summed E-state index contributed by atoms with van der Waals surface area (Å²) in [5, 5.41) is 27.2. The monoisotopic (exact) mass is 500 g/mol. The molecule has 36 heavy (non-hydrogen) atoms. The Balaban J connectivity index is 1.38. The number of aromatic nitrogens is 3. The molecule has 5 rings (SSSR count). The minimum Gasteiger partial charge on any atom is -0.702 e. The number of rotatable bonds is 6. The molecule has 0 bridgehead atoms. The van der Waals surface area contributed by atoms with Crippen molar-refractivity contribution in [2.24, 2.45) is 12.0 Å². The van der Waals surface area contributed by atoms with E-state index in [1.165, 1.54) is 6.40 Å². The van der Waals surface area contributed by atoms with Gasteiger partial charge in [0, 0.05) is 41.1 Å². The second kappa shape index (κ2) is 9.40. The highest BCUT2D eigenvalue weighted by molar-refractivity contribution is 7.58. The fourth-order valence-electron chi connectivity index (χ4n) is 4.35. The summed E-state index contributed by atoms with van der Waals surface area (Å²) in [6.45, 7) is 1.93. The lowest BCUT2D eigenvalue weighted by Crippen LogP contribution is -2.46. The first kappa shape index (κ1) is 23.5. The number of aliphatic hydroxyl groups excluding tert-OH is 1. The first-order valence-corrected chi connectivity index (χ1v) is 11.6. The first-order valence-electron chi connectivity index (χ1n) is 11.1. The van der Waals surface area contributed by atoms with Crippen molar-refractivity contribution in [1.82, 2.24) is 9.78 Å². The number of carbonyl (C=O) groups excluding carboxylic acids is 1. The third kappa shape index (κ3) is 4.16. The zero-order chi connectivity index (χ0) is 25.4. The normalized spacial score (nSPS) is 16.9. The van der Waals surface area contributed by atoms with Crippen LogP contribution in [0.3, 0.4) is 0 Å². The van der Waals surface area contributed by atoms with E-state index in [1.807, 2.05) is 42.8 Å². The van der Waals surface area contributed by atoms with Gasteiger partial charge in [0.1, 0.15) is 23.6 Å². The van der Waals surface area contributed by atoms with Gasteiger partial charge in [-0.05, 0) is 30.3 Å². The van der Waals surface area contributed by atoms with Gasteiger partial charge < -0.3 is 37.3 Å². The van der Waals surface area contributed by atoms with Crippen molar-refractivity contribution in [2.75, 3.05) is 4.90 Å². The second-order valence-electron chi connectivity index (χ2n) is 8.30. The number of aliphatic hydroxyl groups is 1. The SMILES string of the molecule is Cc1n(C)nc([S-])[n+]1-c1cccc(N=COc2cccc(N3c4ccccc4C(O)C3C(=O)[O-])c2)c1. The molecule has 1 aliphatic rings. The molecule has 2 unspecified atom stereocenters. The van der Waals surface area contributed by atoms with E-state index in [0.29, 0.717) is 33.5 Å². The fraction of sp³-hybridized carbons (Fsp3) is 0.154. The van der Waals surface area contributed by atoms with Crippen molar-refractivity contribution in [3.63, 3.8) is 0 Å². The highest BCUT2D eigenvalue weighted by atomic mass is 32.1. The number of aliphatic carboxylic acids is 1. The molecule has 1 N–H and O–H groups in total. The van der Waals surface area contributed by atoms with Crippen molar-refractivity contribution in [1.29, 1.82) is 0 Å². The number of carbonyl (C=O) groups is 1. The number of carboxylic acid groups (broad SMARTS) is 1. The Hall–Kier alpha value is -4.28. The number of anilines is 2. The van der Waals surface area contributed by atoms with Gasteiger partial charge in [-0.1, -0.05) is 30.3 Å². The van der Waals surface area contributed by atoms with E-state index in [0.717, 1.165) is 11.5 Å². The van der Waals surface area contributed by atoms with E-state index < -0.39 is 18.1 Å². The van der Waals surface area contributed by atoms with Gasteiger partial charge in [-0.2, -0.15) is 0 Å². The number of benzene rings is 3. The summed E-state index contributed by atoms with van der Waals surface area (Å²) in [6, 6.07) is 20.2. The summed E-state index contributed by atoms with van der Waals surface area (Å²) >= 11 is 5.36. The van der Waals surface area contributed by atoms with Crippen LogP contribution >= 0.6 is 0 Å². The smallest absolute Gasteiger partial charge is 0.236 e. The van der Waals surface area contributed by atoms with E-state index in [1.54, 1.807) is 58.1 Å². The number of hydrogen-bond acceptors (Lipinski definition) is 8. The number of para-hydroxylation sites is 1. The Labute approximate surface area is 212 Å². The lowest BCUT2D eigenvalue weighted by molar-refractivity contribution is -0.643. The zero-order valence-corrected chi connectivity index (χ0v) is 20.3. The number of aryl methyl sites for hydroxylation is 1. The Morgan fingerprint density at radius 3 is 2.69 bits per heavy atom. The number of ether oxygens (including phenoxy) is 1. The second-order valence-corrected chi connectivity index (χ2v) is 8.66. The number of hydrogen-bond donors (Lipinski definition) is 1. The van der Waals surface area contributed by atoms with E-state index in [4.69, 9.17) is 17.4 Å². The van der Waals surface area contributed by atoms with Crippen LogP contribution in [-0.4, -0.2) is 33.3 Å². The summed E-state index contributed by atoms with van der Waals surface area (Å²) in [5.41, 5.74) is 3.17. The Morgan fingerprint density at radius 1 is 1.17 bits per heavy atom. The molecule has 0 radical (unpaired) electrons. The largest absolute Gasteiger partial charge is 0.702 e. The zero-order valence-electron chi connectivity index (χ0n) is 19.5. The number of carboxylic acids is 1. The molecular weight excluding hydrogens is 478 g/mol. The molecule has 0 aliphatic carbocycles. The van der Waals surface area contributed by atoms with E-state index in [9.17, 15) is 15.0 Å². The molecule has 1 aliphatic heterocycles. The number of nitrogens with zero attached hydrogens (tertiary/aromatic N) is 5. The summed E-state index contributed by atoms with van der Waals surface area (Å²) in [7, 11) is 1.84. The maximum atomic E-state index is 11.9. The topological polar surface area (TPSA) is 107 Å².